The summed E-state index contributed by atoms with van der Waals surface area (Å²) in [5.74, 6) is -0.143. The van der Waals surface area contributed by atoms with Crippen LogP contribution >= 0.6 is 34.4 Å². The van der Waals surface area contributed by atoms with Crippen molar-refractivity contribution in [2.45, 2.75) is 0 Å². The summed E-state index contributed by atoms with van der Waals surface area (Å²) in [6.45, 7) is 3.00. The fraction of sp³-hybridized carbons (Fsp3) is 0.286. The summed E-state index contributed by atoms with van der Waals surface area (Å²) in [5, 5.41) is 0.801. The van der Waals surface area contributed by atoms with Crippen molar-refractivity contribution in [3.8, 4) is 0 Å². The van der Waals surface area contributed by atoms with Gasteiger partial charge in [-0.3, -0.25) is 4.79 Å². The van der Waals surface area contributed by atoms with Gasteiger partial charge >= 0.3 is 0 Å². The fourth-order valence-corrected chi connectivity index (χ4v) is 3.32. The van der Waals surface area contributed by atoms with E-state index in [1.807, 2.05) is 30.3 Å². The van der Waals surface area contributed by atoms with Crippen LogP contribution < -0.4 is 0 Å². The van der Waals surface area contributed by atoms with E-state index in [9.17, 15) is 4.79 Å². The molecule has 3 rings (SSSR count). The molecule has 1 amide bonds. The first-order valence-electron chi connectivity index (χ1n) is 6.33. The largest absolute Gasteiger partial charge is 0.378 e. The molecule has 20 heavy (non-hydrogen) atoms. The molecule has 1 aromatic rings. The number of ether oxygens (including phenoxy) is 1. The molecule has 2 aliphatic heterocycles. The average Bonchev–Trinajstić information content (AvgIpc) is 2.84. The molecular formula is C14H13IN2O2S. The minimum absolute atomic E-state index is 0.143. The van der Waals surface area contributed by atoms with Crippen molar-refractivity contribution < 1.29 is 9.53 Å². The van der Waals surface area contributed by atoms with E-state index in [0.717, 1.165) is 23.8 Å². The molecule has 1 saturated heterocycles. The van der Waals surface area contributed by atoms with E-state index in [1.165, 1.54) is 15.3 Å². The summed E-state index contributed by atoms with van der Waals surface area (Å²) in [6, 6.07) is 8.08. The highest BCUT2D eigenvalue weighted by Crippen LogP contribution is 2.30. The zero-order valence-electron chi connectivity index (χ0n) is 10.7. The molecule has 0 saturated carbocycles. The Morgan fingerprint density at radius 2 is 1.95 bits per heavy atom. The Morgan fingerprint density at radius 1 is 1.25 bits per heavy atom. The molecule has 0 atom stereocenters. The lowest BCUT2D eigenvalue weighted by Gasteiger charge is -2.27. The van der Waals surface area contributed by atoms with Gasteiger partial charge in [-0.2, -0.15) is 4.99 Å². The average molecular weight is 400 g/mol. The van der Waals surface area contributed by atoms with E-state index in [1.54, 1.807) is 0 Å². The van der Waals surface area contributed by atoms with Gasteiger partial charge in [-0.15, -0.1) is 0 Å². The maximum atomic E-state index is 12.0. The molecule has 0 aliphatic carbocycles. The third kappa shape index (κ3) is 3.24. The number of morpholine rings is 1. The van der Waals surface area contributed by atoms with Crippen LogP contribution in [0.1, 0.15) is 5.56 Å². The molecule has 1 fully saturated rings. The molecule has 0 aromatic heterocycles. The van der Waals surface area contributed by atoms with Crippen molar-refractivity contribution >= 4 is 51.5 Å². The van der Waals surface area contributed by atoms with E-state index in [-0.39, 0.29) is 5.91 Å². The molecule has 0 unspecified atom stereocenters. The number of amidine groups is 1. The number of hydrogen-bond acceptors (Lipinski definition) is 4. The standard InChI is InChI=1S/C14H13IN2O2S/c15-11-3-1-10(2-4-11)9-12-13(18)16-14(20-12)17-5-7-19-8-6-17/h1-4,9H,5-8H2/b12-9+. The number of thioether (sulfide) groups is 1. The molecule has 0 spiro atoms. The number of carbonyl (C=O) groups excluding carboxylic acids is 1. The number of rotatable bonds is 1. The van der Waals surface area contributed by atoms with Gasteiger partial charge < -0.3 is 9.64 Å². The van der Waals surface area contributed by atoms with Crippen LogP contribution in [0.15, 0.2) is 34.2 Å². The summed E-state index contributed by atoms with van der Waals surface area (Å²) in [7, 11) is 0. The minimum Gasteiger partial charge on any atom is -0.378 e. The van der Waals surface area contributed by atoms with Gasteiger partial charge in [-0.1, -0.05) is 12.1 Å². The van der Waals surface area contributed by atoms with Crippen LogP contribution in [0.3, 0.4) is 0 Å². The van der Waals surface area contributed by atoms with Crippen LogP contribution in [0.4, 0.5) is 0 Å². The van der Waals surface area contributed by atoms with Gasteiger partial charge in [0.25, 0.3) is 5.91 Å². The summed E-state index contributed by atoms with van der Waals surface area (Å²) in [5.41, 5.74) is 1.03. The van der Waals surface area contributed by atoms with Crippen LogP contribution in [0.25, 0.3) is 6.08 Å². The van der Waals surface area contributed by atoms with E-state index < -0.39 is 0 Å². The second-order valence-corrected chi connectivity index (χ2v) is 6.72. The monoisotopic (exact) mass is 400 g/mol. The molecule has 1 aromatic carbocycles. The molecule has 2 heterocycles. The zero-order valence-corrected chi connectivity index (χ0v) is 13.7. The van der Waals surface area contributed by atoms with Gasteiger partial charge in [0.15, 0.2) is 5.17 Å². The first-order valence-corrected chi connectivity index (χ1v) is 8.23. The van der Waals surface area contributed by atoms with Crippen LogP contribution in [-0.4, -0.2) is 42.3 Å². The third-order valence-corrected chi connectivity index (χ3v) is 4.82. The Morgan fingerprint density at radius 3 is 2.65 bits per heavy atom. The maximum absolute atomic E-state index is 12.0. The van der Waals surface area contributed by atoms with Crippen molar-refractivity contribution in [1.82, 2.24) is 4.90 Å². The lowest BCUT2D eigenvalue weighted by molar-refractivity contribution is -0.113. The van der Waals surface area contributed by atoms with Gasteiger partial charge in [0.05, 0.1) is 18.1 Å². The van der Waals surface area contributed by atoms with Crippen molar-refractivity contribution in [1.29, 1.82) is 0 Å². The van der Waals surface area contributed by atoms with Gasteiger partial charge in [-0.25, -0.2) is 0 Å². The predicted octanol–water partition coefficient (Wildman–Crippen LogP) is 2.59. The predicted molar refractivity (Wildman–Crippen MR) is 89.6 cm³/mol. The fourth-order valence-electron chi connectivity index (χ4n) is 2.00. The highest BCUT2D eigenvalue weighted by Gasteiger charge is 2.26. The van der Waals surface area contributed by atoms with Gasteiger partial charge in [0.1, 0.15) is 0 Å². The third-order valence-electron chi connectivity index (χ3n) is 3.06. The summed E-state index contributed by atoms with van der Waals surface area (Å²) in [6.07, 6.45) is 1.90. The van der Waals surface area contributed by atoms with Crippen LogP contribution in [0.2, 0.25) is 0 Å². The first kappa shape index (κ1) is 14.1. The van der Waals surface area contributed by atoms with Gasteiger partial charge in [0, 0.05) is 16.7 Å². The molecule has 104 valence electrons. The number of aliphatic imine (C=N–C) groups is 1. The highest BCUT2D eigenvalue weighted by molar-refractivity contribution is 14.1. The Kier molecular flexibility index (Phi) is 4.42. The van der Waals surface area contributed by atoms with E-state index >= 15 is 0 Å². The lowest BCUT2D eigenvalue weighted by Crippen LogP contribution is -2.38. The zero-order chi connectivity index (χ0) is 13.9. The van der Waals surface area contributed by atoms with E-state index in [0.29, 0.717) is 18.1 Å². The van der Waals surface area contributed by atoms with Crippen LogP contribution in [0, 0.1) is 3.57 Å². The Balaban J connectivity index is 1.74. The summed E-state index contributed by atoms with van der Waals surface area (Å²) < 4.78 is 6.49. The molecule has 4 nitrogen and oxygen atoms in total. The van der Waals surface area contributed by atoms with Crippen molar-refractivity contribution in [2.75, 3.05) is 26.3 Å². The molecule has 2 aliphatic rings. The van der Waals surface area contributed by atoms with Crippen molar-refractivity contribution in [3.63, 3.8) is 0 Å². The second-order valence-electron chi connectivity index (χ2n) is 4.46. The highest BCUT2D eigenvalue weighted by atomic mass is 127. The number of nitrogens with zero attached hydrogens (tertiary/aromatic N) is 2. The molecule has 6 heteroatoms. The molecule has 0 N–H and O–H groups in total. The smallest absolute Gasteiger partial charge is 0.286 e. The van der Waals surface area contributed by atoms with E-state index in [2.05, 4.69) is 32.5 Å². The number of amides is 1. The second kappa shape index (κ2) is 6.28. The Labute approximate surface area is 135 Å². The lowest BCUT2D eigenvalue weighted by atomic mass is 10.2. The van der Waals surface area contributed by atoms with Gasteiger partial charge in [-0.05, 0) is 58.1 Å². The molecule has 0 radical (unpaired) electrons. The van der Waals surface area contributed by atoms with Crippen LogP contribution in [-0.2, 0) is 9.53 Å². The number of halogens is 1. The molecule has 0 bridgehead atoms. The van der Waals surface area contributed by atoms with Crippen molar-refractivity contribution in [3.05, 3.63) is 38.3 Å². The Bertz CT molecular complexity index is 577. The first-order chi connectivity index (χ1) is 9.72. The van der Waals surface area contributed by atoms with E-state index in [4.69, 9.17) is 4.74 Å². The number of carbonyl (C=O) groups is 1. The quantitative estimate of drug-likeness (QED) is 0.537. The summed E-state index contributed by atoms with van der Waals surface area (Å²) in [4.78, 5) is 18.9. The molecular weight excluding hydrogens is 387 g/mol. The van der Waals surface area contributed by atoms with Gasteiger partial charge in [0.2, 0.25) is 0 Å². The summed E-state index contributed by atoms with van der Waals surface area (Å²) >= 11 is 3.72. The Hall–Kier alpha value is -0.860. The normalized spacial score (nSPS) is 21.4. The maximum Gasteiger partial charge on any atom is 0.286 e. The topological polar surface area (TPSA) is 41.9 Å². The number of benzene rings is 1. The SMILES string of the molecule is O=C1N=C(N2CCOCC2)S/C1=C/c1ccc(I)cc1. The minimum atomic E-state index is -0.143. The number of hydrogen-bond donors (Lipinski definition) is 0. The van der Waals surface area contributed by atoms with Crippen molar-refractivity contribution in [2.24, 2.45) is 4.99 Å². The van der Waals surface area contributed by atoms with Crippen LogP contribution in [0.5, 0.6) is 0 Å².